The Bertz CT molecular complexity index is 466. The molecule has 5 unspecified atom stereocenters. The standard InChI is InChI=1S/C15H23ClN2OS/c1-2-11(17)15(13-5-6-14(16)20-13)18-7-9-3-4-12(19)10(9)8-18/h5-6,9-12,15,19H,2-4,7-8,17H2,1H3. The molecule has 3 nitrogen and oxygen atoms in total. The van der Waals surface area contributed by atoms with Gasteiger partial charge in [-0.2, -0.15) is 0 Å². The zero-order chi connectivity index (χ0) is 14.3. The Kier molecular flexibility index (Phi) is 4.39. The molecule has 1 saturated heterocycles. The lowest BCUT2D eigenvalue weighted by molar-refractivity contribution is 0.114. The van der Waals surface area contributed by atoms with Crippen molar-refractivity contribution in [1.29, 1.82) is 0 Å². The number of hydrogen-bond donors (Lipinski definition) is 2. The van der Waals surface area contributed by atoms with Crippen molar-refractivity contribution >= 4 is 22.9 Å². The van der Waals surface area contributed by atoms with Gasteiger partial charge in [0.1, 0.15) is 0 Å². The van der Waals surface area contributed by atoms with Crippen LogP contribution in [0.1, 0.15) is 37.1 Å². The van der Waals surface area contributed by atoms with Crippen molar-refractivity contribution in [3.63, 3.8) is 0 Å². The fourth-order valence-corrected chi connectivity index (χ4v) is 5.14. The summed E-state index contributed by atoms with van der Waals surface area (Å²) in [6, 6.07) is 4.44. The van der Waals surface area contributed by atoms with E-state index in [0.717, 1.165) is 36.7 Å². The van der Waals surface area contributed by atoms with Crippen LogP contribution in [-0.2, 0) is 0 Å². The van der Waals surface area contributed by atoms with Crippen molar-refractivity contribution in [2.45, 2.75) is 44.4 Å². The molecule has 3 rings (SSSR count). The summed E-state index contributed by atoms with van der Waals surface area (Å²) in [5, 5.41) is 10.1. The quantitative estimate of drug-likeness (QED) is 0.898. The average Bonchev–Trinajstić information content (AvgIpc) is 3.10. The van der Waals surface area contributed by atoms with Gasteiger partial charge < -0.3 is 10.8 Å². The Morgan fingerprint density at radius 2 is 2.25 bits per heavy atom. The zero-order valence-corrected chi connectivity index (χ0v) is 13.4. The van der Waals surface area contributed by atoms with Gasteiger partial charge in [0.05, 0.1) is 16.5 Å². The van der Waals surface area contributed by atoms with Gasteiger partial charge >= 0.3 is 0 Å². The predicted octanol–water partition coefficient (Wildman–Crippen LogP) is 2.88. The maximum absolute atomic E-state index is 10.1. The lowest BCUT2D eigenvalue weighted by Crippen LogP contribution is -2.40. The molecule has 5 heteroatoms. The molecule has 1 aromatic rings. The van der Waals surface area contributed by atoms with E-state index in [-0.39, 0.29) is 18.2 Å². The molecule has 1 aliphatic heterocycles. The number of thiophene rings is 1. The molecule has 20 heavy (non-hydrogen) atoms. The maximum atomic E-state index is 10.1. The van der Waals surface area contributed by atoms with E-state index in [0.29, 0.717) is 11.8 Å². The predicted molar refractivity (Wildman–Crippen MR) is 84.1 cm³/mol. The van der Waals surface area contributed by atoms with Crippen LogP contribution in [0, 0.1) is 11.8 Å². The lowest BCUT2D eigenvalue weighted by Gasteiger charge is -2.32. The highest BCUT2D eigenvalue weighted by atomic mass is 35.5. The van der Waals surface area contributed by atoms with Crippen molar-refractivity contribution in [2.75, 3.05) is 13.1 Å². The molecule has 1 aliphatic carbocycles. The van der Waals surface area contributed by atoms with Crippen molar-refractivity contribution in [3.05, 3.63) is 21.3 Å². The van der Waals surface area contributed by atoms with E-state index in [1.165, 1.54) is 4.88 Å². The molecule has 2 fully saturated rings. The largest absolute Gasteiger partial charge is 0.393 e. The fraction of sp³-hybridized carbons (Fsp3) is 0.733. The van der Waals surface area contributed by atoms with Gasteiger partial charge in [-0.15, -0.1) is 11.3 Å². The summed E-state index contributed by atoms with van der Waals surface area (Å²) in [7, 11) is 0. The molecular formula is C15H23ClN2OS. The summed E-state index contributed by atoms with van der Waals surface area (Å²) in [5.41, 5.74) is 6.38. The molecule has 112 valence electrons. The summed E-state index contributed by atoms with van der Waals surface area (Å²) in [6.45, 7) is 4.17. The van der Waals surface area contributed by atoms with Gasteiger partial charge in [0.15, 0.2) is 0 Å². The third-order valence-electron chi connectivity index (χ3n) is 5.00. The van der Waals surface area contributed by atoms with Crippen molar-refractivity contribution in [1.82, 2.24) is 4.90 Å². The van der Waals surface area contributed by atoms with Crippen LogP contribution < -0.4 is 5.73 Å². The van der Waals surface area contributed by atoms with E-state index in [2.05, 4.69) is 17.9 Å². The first kappa shape index (κ1) is 14.8. The topological polar surface area (TPSA) is 49.5 Å². The lowest BCUT2D eigenvalue weighted by atomic mass is 9.99. The molecular weight excluding hydrogens is 292 g/mol. The Balaban J connectivity index is 1.80. The Morgan fingerprint density at radius 3 is 2.85 bits per heavy atom. The molecule has 1 saturated carbocycles. The smallest absolute Gasteiger partial charge is 0.0931 e. The second-order valence-electron chi connectivity index (χ2n) is 6.18. The van der Waals surface area contributed by atoms with Crippen molar-refractivity contribution < 1.29 is 5.11 Å². The average molecular weight is 315 g/mol. The highest BCUT2D eigenvalue weighted by Gasteiger charge is 2.44. The molecule has 0 amide bonds. The van der Waals surface area contributed by atoms with E-state index < -0.39 is 0 Å². The molecule has 5 atom stereocenters. The van der Waals surface area contributed by atoms with Crippen LogP contribution in [0.2, 0.25) is 4.34 Å². The summed E-state index contributed by atoms with van der Waals surface area (Å²) >= 11 is 7.73. The van der Waals surface area contributed by atoms with Gasteiger partial charge in [0.2, 0.25) is 0 Å². The van der Waals surface area contributed by atoms with E-state index in [4.69, 9.17) is 17.3 Å². The molecule has 2 heterocycles. The second kappa shape index (κ2) is 5.93. The van der Waals surface area contributed by atoms with Gasteiger partial charge in [-0.3, -0.25) is 4.90 Å². The normalized spacial score (nSPS) is 33.3. The van der Waals surface area contributed by atoms with Crippen LogP contribution in [0.5, 0.6) is 0 Å². The molecule has 0 spiro atoms. The zero-order valence-electron chi connectivity index (χ0n) is 11.8. The number of aliphatic hydroxyl groups excluding tert-OH is 1. The number of halogens is 1. The highest BCUT2D eigenvalue weighted by Crippen LogP contribution is 2.43. The van der Waals surface area contributed by atoms with Gasteiger partial charge in [-0.25, -0.2) is 0 Å². The number of nitrogens with two attached hydrogens (primary N) is 1. The van der Waals surface area contributed by atoms with Gasteiger partial charge in [0.25, 0.3) is 0 Å². The SMILES string of the molecule is CCC(N)C(c1ccc(Cl)s1)N1CC2CCC(O)C2C1. The van der Waals surface area contributed by atoms with Crippen LogP contribution in [0.15, 0.2) is 12.1 Å². The third-order valence-corrected chi connectivity index (χ3v) is 6.30. The molecule has 0 radical (unpaired) electrons. The maximum Gasteiger partial charge on any atom is 0.0931 e. The van der Waals surface area contributed by atoms with Crippen LogP contribution >= 0.6 is 22.9 Å². The summed E-state index contributed by atoms with van der Waals surface area (Å²) < 4.78 is 0.827. The van der Waals surface area contributed by atoms with Gasteiger partial charge in [-0.1, -0.05) is 18.5 Å². The molecule has 2 aliphatic rings. The fourth-order valence-electron chi connectivity index (χ4n) is 3.87. The first-order valence-electron chi connectivity index (χ1n) is 7.53. The number of hydrogen-bond acceptors (Lipinski definition) is 4. The summed E-state index contributed by atoms with van der Waals surface area (Å²) in [4.78, 5) is 3.74. The molecule has 3 N–H and O–H groups in total. The Hall–Kier alpha value is -0.130. The monoisotopic (exact) mass is 314 g/mol. The number of likely N-dealkylation sites (tertiary alicyclic amines) is 1. The van der Waals surface area contributed by atoms with E-state index >= 15 is 0 Å². The van der Waals surface area contributed by atoms with Crippen molar-refractivity contribution in [3.8, 4) is 0 Å². The van der Waals surface area contributed by atoms with Gasteiger partial charge in [0, 0.05) is 29.9 Å². The minimum Gasteiger partial charge on any atom is -0.393 e. The number of fused-ring (bicyclic) bond motifs is 1. The summed E-state index contributed by atoms with van der Waals surface area (Å²) in [6.07, 6.45) is 2.96. The first-order chi connectivity index (χ1) is 9.60. The van der Waals surface area contributed by atoms with E-state index in [1.807, 2.05) is 6.07 Å². The highest BCUT2D eigenvalue weighted by molar-refractivity contribution is 7.16. The van der Waals surface area contributed by atoms with Crippen LogP contribution in [-0.4, -0.2) is 35.2 Å². The van der Waals surface area contributed by atoms with E-state index in [1.54, 1.807) is 11.3 Å². The Labute approximate surface area is 129 Å². The van der Waals surface area contributed by atoms with Gasteiger partial charge in [-0.05, 0) is 37.3 Å². The number of aliphatic hydroxyl groups is 1. The van der Waals surface area contributed by atoms with Crippen LogP contribution in [0.25, 0.3) is 0 Å². The molecule has 0 bridgehead atoms. The number of nitrogens with zero attached hydrogens (tertiary/aromatic N) is 1. The minimum absolute atomic E-state index is 0.115. The Morgan fingerprint density at radius 1 is 1.45 bits per heavy atom. The minimum atomic E-state index is -0.115. The van der Waals surface area contributed by atoms with Crippen LogP contribution in [0.3, 0.4) is 0 Å². The second-order valence-corrected chi connectivity index (χ2v) is 7.93. The third kappa shape index (κ3) is 2.64. The van der Waals surface area contributed by atoms with Crippen molar-refractivity contribution in [2.24, 2.45) is 17.6 Å². The van der Waals surface area contributed by atoms with E-state index in [9.17, 15) is 5.11 Å². The first-order valence-corrected chi connectivity index (χ1v) is 8.72. The molecule has 1 aromatic heterocycles. The molecule has 0 aromatic carbocycles. The summed E-state index contributed by atoms with van der Waals surface area (Å²) in [5.74, 6) is 1.09. The van der Waals surface area contributed by atoms with Crippen LogP contribution in [0.4, 0.5) is 0 Å². The number of rotatable bonds is 4.